The number of amides is 1. The van der Waals surface area contributed by atoms with E-state index in [1.165, 1.54) is 11.3 Å². The zero-order valence-electron chi connectivity index (χ0n) is 21.7. The second kappa shape index (κ2) is 11.4. The lowest BCUT2D eigenvalue weighted by molar-refractivity contribution is 0.0986. The van der Waals surface area contributed by atoms with Crippen LogP contribution >= 0.6 is 11.3 Å². The number of nitrogens with zero attached hydrogens (tertiary/aromatic N) is 4. The van der Waals surface area contributed by atoms with E-state index in [-0.39, 0.29) is 10.8 Å². The van der Waals surface area contributed by atoms with Crippen molar-refractivity contribution in [2.75, 3.05) is 45.2 Å². The number of sulfonamides is 1. The van der Waals surface area contributed by atoms with Crippen LogP contribution in [0.1, 0.15) is 53.6 Å². The Balaban J connectivity index is 1.61. The van der Waals surface area contributed by atoms with Gasteiger partial charge >= 0.3 is 0 Å². The predicted octanol–water partition coefficient (Wildman–Crippen LogP) is 5.08. The third-order valence-electron chi connectivity index (χ3n) is 6.58. The molecule has 3 aromatic rings. The molecule has 0 unspecified atom stereocenters. The molecule has 9 heteroatoms. The highest BCUT2D eigenvalue weighted by Gasteiger charge is 2.26. The molecule has 1 amide bonds. The van der Waals surface area contributed by atoms with Gasteiger partial charge in [-0.1, -0.05) is 30.2 Å². The molecule has 0 bridgehead atoms. The maximum absolute atomic E-state index is 13.7. The summed E-state index contributed by atoms with van der Waals surface area (Å²) < 4.78 is 29.0. The van der Waals surface area contributed by atoms with Crippen molar-refractivity contribution in [1.29, 1.82) is 0 Å². The van der Waals surface area contributed by atoms with Crippen LogP contribution in [0.15, 0.2) is 41.3 Å². The molecule has 194 valence electrons. The first kappa shape index (κ1) is 26.7. The lowest BCUT2D eigenvalue weighted by Crippen LogP contribution is -2.34. The zero-order chi connectivity index (χ0) is 25.9. The average Bonchev–Trinajstić information content (AvgIpc) is 3.06. The molecule has 2 heterocycles. The largest absolute Gasteiger partial charge is 0.309 e. The number of thiazole rings is 1. The molecule has 0 aliphatic carbocycles. The molecule has 0 spiro atoms. The van der Waals surface area contributed by atoms with Gasteiger partial charge in [0.25, 0.3) is 5.91 Å². The summed E-state index contributed by atoms with van der Waals surface area (Å²) in [4.78, 5) is 22.6. The van der Waals surface area contributed by atoms with Crippen molar-refractivity contribution in [3.8, 4) is 0 Å². The summed E-state index contributed by atoms with van der Waals surface area (Å²) in [5.41, 5.74) is 3.65. The first-order valence-electron chi connectivity index (χ1n) is 12.6. The fourth-order valence-electron chi connectivity index (χ4n) is 4.67. The number of hydrogen-bond acceptors (Lipinski definition) is 6. The van der Waals surface area contributed by atoms with Crippen molar-refractivity contribution in [1.82, 2.24) is 14.2 Å². The van der Waals surface area contributed by atoms with Crippen LogP contribution in [-0.2, 0) is 10.0 Å². The number of carbonyl (C=O) groups is 1. The Bertz CT molecular complexity index is 1310. The number of hydrogen-bond donors (Lipinski definition) is 0. The first-order valence-corrected chi connectivity index (χ1v) is 14.9. The molecule has 1 aliphatic heterocycles. The van der Waals surface area contributed by atoms with Crippen LogP contribution < -0.4 is 4.90 Å². The maximum Gasteiger partial charge on any atom is 0.260 e. The van der Waals surface area contributed by atoms with Crippen molar-refractivity contribution in [2.45, 2.75) is 50.8 Å². The highest BCUT2D eigenvalue weighted by molar-refractivity contribution is 7.89. The topological polar surface area (TPSA) is 73.8 Å². The van der Waals surface area contributed by atoms with E-state index < -0.39 is 10.0 Å². The standard InChI is InChI=1S/C27H36N4O3S2/c1-20-18-21(2)25-24(19-20)28-27(35-25)31(17-9-14-29(3)4)26(32)22-10-12-23(13-11-22)36(33,34)30-15-7-5-6-8-16-30/h10-13,18-19H,5-9,14-17H2,1-4H3. The van der Waals surface area contributed by atoms with Crippen molar-refractivity contribution in [2.24, 2.45) is 0 Å². The average molecular weight is 529 g/mol. The summed E-state index contributed by atoms with van der Waals surface area (Å²) in [6, 6.07) is 10.6. The van der Waals surface area contributed by atoms with Crippen LogP contribution in [0.4, 0.5) is 5.13 Å². The molecule has 7 nitrogen and oxygen atoms in total. The molecule has 0 radical (unpaired) electrons. The summed E-state index contributed by atoms with van der Waals surface area (Å²) in [6.45, 7) is 6.60. The van der Waals surface area contributed by atoms with Gasteiger partial charge in [0.15, 0.2) is 5.13 Å². The molecule has 1 aliphatic rings. The van der Waals surface area contributed by atoms with Crippen LogP contribution in [0.25, 0.3) is 10.2 Å². The van der Waals surface area contributed by atoms with Gasteiger partial charge in [-0.15, -0.1) is 0 Å². The molecule has 1 aromatic heterocycles. The van der Waals surface area contributed by atoms with E-state index >= 15 is 0 Å². The van der Waals surface area contributed by atoms with Gasteiger partial charge in [-0.2, -0.15) is 4.31 Å². The molecule has 1 fully saturated rings. The summed E-state index contributed by atoms with van der Waals surface area (Å²) in [5, 5.41) is 0.670. The van der Waals surface area contributed by atoms with Gasteiger partial charge in [-0.25, -0.2) is 13.4 Å². The Kier molecular flexibility index (Phi) is 8.44. The Morgan fingerprint density at radius 1 is 1.00 bits per heavy atom. The maximum atomic E-state index is 13.7. The predicted molar refractivity (Wildman–Crippen MR) is 148 cm³/mol. The normalized spacial score (nSPS) is 15.4. The molecule has 36 heavy (non-hydrogen) atoms. The fourth-order valence-corrected chi connectivity index (χ4v) is 7.22. The van der Waals surface area contributed by atoms with Crippen molar-refractivity contribution >= 4 is 42.6 Å². The van der Waals surface area contributed by atoms with Crippen molar-refractivity contribution in [3.63, 3.8) is 0 Å². The smallest absolute Gasteiger partial charge is 0.260 e. The van der Waals surface area contributed by atoms with E-state index in [9.17, 15) is 13.2 Å². The van der Waals surface area contributed by atoms with Gasteiger partial charge < -0.3 is 4.90 Å². The number of anilines is 1. The van der Waals surface area contributed by atoms with E-state index in [0.717, 1.165) is 60.0 Å². The van der Waals surface area contributed by atoms with Crippen molar-refractivity contribution in [3.05, 3.63) is 53.1 Å². The van der Waals surface area contributed by atoms with E-state index in [0.29, 0.717) is 30.3 Å². The lowest BCUT2D eigenvalue weighted by atomic mass is 10.1. The Hall–Kier alpha value is -2.33. The van der Waals surface area contributed by atoms with Gasteiger partial charge in [0.2, 0.25) is 10.0 Å². The molecule has 0 N–H and O–H groups in total. The highest BCUT2D eigenvalue weighted by Crippen LogP contribution is 2.33. The Morgan fingerprint density at radius 3 is 2.31 bits per heavy atom. The Labute approximate surface area is 218 Å². The number of fused-ring (bicyclic) bond motifs is 1. The first-order chi connectivity index (χ1) is 17.2. The minimum Gasteiger partial charge on any atom is -0.309 e. The molecule has 0 atom stereocenters. The molecule has 2 aromatic carbocycles. The second-order valence-electron chi connectivity index (χ2n) is 9.88. The molecule has 4 rings (SSSR count). The minimum atomic E-state index is -3.56. The van der Waals surface area contributed by atoms with Gasteiger partial charge in [0, 0.05) is 25.2 Å². The summed E-state index contributed by atoms with van der Waals surface area (Å²) in [7, 11) is 0.469. The van der Waals surface area contributed by atoms with E-state index in [1.807, 2.05) is 27.1 Å². The summed E-state index contributed by atoms with van der Waals surface area (Å²) >= 11 is 1.53. The van der Waals surface area contributed by atoms with Crippen LogP contribution in [0.5, 0.6) is 0 Å². The van der Waals surface area contributed by atoms with E-state index in [2.05, 4.69) is 17.9 Å². The molecular formula is C27H36N4O3S2. The number of aromatic nitrogens is 1. The monoisotopic (exact) mass is 528 g/mol. The van der Waals surface area contributed by atoms with E-state index in [4.69, 9.17) is 4.98 Å². The van der Waals surface area contributed by atoms with Crippen LogP contribution in [0.3, 0.4) is 0 Å². The SMILES string of the molecule is Cc1cc(C)c2sc(N(CCCN(C)C)C(=O)c3ccc(S(=O)(=O)N4CCCCCC4)cc3)nc2c1. The van der Waals surface area contributed by atoms with Crippen LogP contribution in [0, 0.1) is 13.8 Å². The van der Waals surface area contributed by atoms with Gasteiger partial charge in [-0.05, 0) is 95.2 Å². The third kappa shape index (κ3) is 5.96. The molecule has 1 saturated heterocycles. The van der Waals surface area contributed by atoms with Crippen molar-refractivity contribution < 1.29 is 13.2 Å². The summed E-state index contributed by atoms with van der Waals surface area (Å²) in [6.07, 6.45) is 4.70. The van der Waals surface area contributed by atoms with Gasteiger partial charge in [0.1, 0.15) is 0 Å². The Morgan fingerprint density at radius 2 is 1.67 bits per heavy atom. The highest BCUT2D eigenvalue weighted by atomic mass is 32.2. The number of rotatable bonds is 8. The minimum absolute atomic E-state index is 0.166. The van der Waals surface area contributed by atoms with Crippen LogP contribution in [-0.4, -0.2) is 68.8 Å². The molecule has 0 saturated carbocycles. The number of benzene rings is 2. The zero-order valence-corrected chi connectivity index (χ0v) is 23.3. The summed E-state index contributed by atoms with van der Waals surface area (Å²) in [5.74, 6) is -0.166. The van der Waals surface area contributed by atoms with Gasteiger partial charge in [0.05, 0.1) is 15.1 Å². The van der Waals surface area contributed by atoms with Crippen LogP contribution in [0.2, 0.25) is 0 Å². The third-order valence-corrected chi connectivity index (χ3v) is 9.72. The quantitative estimate of drug-likeness (QED) is 0.408. The van der Waals surface area contributed by atoms with E-state index in [1.54, 1.807) is 33.5 Å². The second-order valence-corrected chi connectivity index (χ2v) is 12.8. The molecular weight excluding hydrogens is 492 g/mol. The van der Waals surface area contributed by atoms with Gasteiger partial charge in [-0.3, -0.25) is 9.69 Å². The number of aryl methyl sites for hydroxylation is 2. The lowest BCUT2D eigenvalue weighted by Gasteiger charge is -2.22. The fraction of sp³-hybridized carbons (Fsp3) is 0.481. The number of carbonyl (C=O) groups excluding carboxylic acids is 1.